The van der Waals surface area contributed by atoms with Gasteiger partial charge in [0, 0.05) is 17.3 Å². The fourth-order valence-electron chi connectivity index (χ4n) is 6.28. The van der Waals surface area contributed by atoms with Gasteiger partial charge in [0.25, 0.3) is 0 Å². The van der Waals surface area contributed by atoms with Crippen LogP contribution in [0.3, 0.4) is 0 Å². The first-order valence-electron chi connectivity index (χ1n) is 15.4. The van der Waals surface area contributed by atoms with Gasteiger partial charge in [-0.1, -0.05) is 115 Å². The fourth-order valence-corrected chi connectivity index (χ4v) is 6.28. The van der Waals surface area contributed by atoms with Gasteiger partial charge in [0.05, 0.1) is 5.52 Å². The smallest absolute Gasteiger partial charge is 0.0528 e. The maximum atomic E-state index is 2.35. The number of rotatable bonds is 6. The summed E-state index contributed by atoms with van der Waals surface area (Å²) in [5, 5.41) is 1.22. The maximum Gasteiger partial charge on any atom is 0.0528 e. The molecule has 0 aliphatic carbocycles. The van der Waals surface area contributed by atoms with E-state index in [0.717, 1.165) is 0 Å². The molecule has 0 aliphatic rings. The topological polar surface area (TPSA) is 4.93 Å². The van der Waals surface area contributed by atoms with Crippen LogP contribution in [-0.4, -0.2) is 4.57 Å². The van der Waals surface area contributed by atoms with Gasteiger partial charge in [0.1, 0.15) is 0 Å². The highest BCUT2D eigenvalue weighted by Gasteiger charge is 2.12. The van der Waals surface area contributed by atoms with Crippen molar-refractivity contribution < 1.29 is 0 Å². The normalized spacial score (nSPS) is 11.1. The van der Waals surface area contributed by atoms with E-state index in [2.05, 4.69) is 193 Å². The van der Waals surface area contributed by atoms with Crippen LogP contribution in [0.25, 0.3) is 72.2 Å². The van der Waals surface area contributed by atoms with Crippen LogP contribution in [0.4, 0.5) is 0 Å². The summed E-state index contributed by atoms with van der Waals surface area (Å²) in [6.45, 7) is 0. The van der Waals surface area contributed by atoms with Gasteiger partial charge in [-0.3, -0.25) is 0 Å². The van der Waals surface area contributed by atoms with E-state index in [0.29, 0.717) is 0 Å². The molecule has 45 heavy (non-hydrogen) atoms. The SMILES string of the molecule is c1ccc(-c2cc(-c3ccccc3)cc(-c3cc(-c4ccccc4)cc(-c4ccc5c(ccn5-c5ccccc5)c4)c3)c2)cc1. The van der Waals surface area contributed by atoms with Gasteiger partial charge >= 0.3 is 0 Å². The molecule has 0 bridgehead atoms. The largest absolute Gasteiger partial charge is 0.317 e. The van der Waals surface area contributed by atoms with Crippen LogP contribution in [-0.2, 0) is 0 Å². The van der Waals surface area contributed by atoms with Crippen LogP contribution in [0.2, 0.25) is 0 Å². The van der Waals surface area contributed by atoms with E-state index in [4.69, 9.17) is 0 Å². The molecule has 0 radical (unpaired) electrons. The summed E-state index contributed by atoms with van der Waals surface area (Å²) < 4.78 is 2.26. The minimum Gasteiger partial charge on any atom is -0.317 e. The standard InChI is InChI=1S/C44H31N/c1-5-13-32(14-6-1)37-26-38(33-15-7-2-8-16-33)29-41(28-37)42-30-39(34-17-9-3-10-18-34)27-40(31-42)35-21-22-44-36(25-35)23-24-45(44)43-19-11-4-12-20-43/h1-31H. The Balaban J connectivity index is 1.31. The molecule has 0 atom stereocenters. The number of hydrogen-bond acceptors (Lipinski definition) is 0. The second-order valence-electron chi connectivity index (χ2n) is 11.5. The summed E-state index contributed by atoms with van der Waals surface area (Å²) in [4.78, 5) is 0. The molecule has 1 heterocycles. The van der Waals surface area contributed by atoms with Crippen molar-refractivity contribution in [2.75, 3.05) is 0 Å². The lowest BCUT2D eigenvalue weighted by Gasteiger charge is -2.15. The molecule has 8 rings (SSSR count). The first-order valence-corrected chi connectivity index (χ1v) is 15.4. The van der Waals surface area contributed by atoms with Crippen molar-refractivity contribution in [1.82, 2.24) is 4.57 Å². The van der Waals surface area contributed by atoms with Crippen LogP contribution < -0.4 is 0 Å². The lowest BCUT2D eigenvalue weighted by Crippen LogP contribution is -1.91. The Hall–Kier alpha value is -5.92. The van der Waals surface area contributed by atoms with Crippen molar-refractivity contribution in [1.29, 1.82) is 0 Å². The average Bonchev–Trinajstić information content (AvgIpc) is 3.56. The summed E-state index contributed by atoms with van der Waals surface area (Å²) in [6, 6.07) is 65.6. The van der Waals surface area contributed by atoms with E-state index >= 15 is 0 Å². The zero-order valence-electron chi connectivity index (χ0n) is 24.8. The Morgan fingerprint density at radius 2 is 0.644 bits per heavy atom. The minimum atomic E-state index is 1.17. The number of benzene rings is 7. The van der Waals surface area contributed by atoms with E-state index in [1.165, 1.54) is 72.2 Å². The number of nitrogens with zero attached hydrogens (tertiary/aromatic N) is 1. The van der Waals surface area contributed by atoms with Crippen molar-refractivity contribution >= 4 is 10.9 Å². The predicted molar refractivity (Wildman–Crippen MR) is 190 cm³/mol. The molecule has 0 N–H and O–H groups in total. The van der Waals surface area contributed by atoms with Gasteiger partial charge in [0.15, 0.2) is 0 Å². The van der Waals surface area contributed by atoms with Gasteiger partial charge < -0.3 is 4.57 Å². The van der Waals surface area contributed by atoms with Gasteiger partial charge in [-0.05, 0) is 122 Å². The molecule has 7 aromatic carbocycles. The molecule has 0 fully saturated rings. The summed E-state index contributed by atoms with van der Waals surface area (Å²) in [7, 11) is 0. The molecule has 0 unspecified atom stereocenters. The molecule has 0 amide bonds. The zero-order chi connectivity index (χ0) is 30.0. The first-order chi connectivity index (χ1) is 22.3. The number of para-hydroxylation sites is 1. The van der Waals surface area contributed by atoms with Crippen molar-refractivity contribution in [3.8, 4) is 61.3 Å². The predicted octanol–water partition coefficient (Wildman–Crippen LogP) is 12.0. The van der Waals surface area contributed by atoms with Crippen LogP contribution in [0.15, 0.2) is 188 Å². The highest BCUT2D eigenvalue weighted by Crippen LogP contribution is 2.38. The quantitative estimate of drug-likeness (QED) is 0.186. The summed E-state index contributed by atoms with van der Waals surface area (Å²) in [5.41, 5.74) is 14.4. The van der Waals surface area contributed by atoms with Crippen LogP contribution in [0.5, 0.6) is 0 Å². The summed E-state index contributed by atoms with van der Waals surface area (Å²) in [6.07, 6.45) is 2.16. The Kier molecular flexibility index (Phi) is 6.90. The monoisotopic (exact) mass is 573 g/mol. The molecule has 8 aromatic rings. The highest BCUT2D eigenvalue weighted by molar-refractivity contribution is 5.90. The number of hydrogen-bond donors (Lipinski definition) is 0. The molecule has 1 heteroatoms. The van der Waals surface area contributed by atoms with Gasteiger partial charge in [-0.15, -0.1) is 0 Å². The van der Waals surface area contributed by atoms with Gasteiger partial charge in [-0.2, -0.15) is 0 Å². The maximum absolute atomic E-state index is 2.35. The lowest BCUT2D eigenvalue weighted by atomic mass is 9.90. The Morgan fingerprint density at radius 3 is 1.09 bits per heavy atom. The highest BCUT2D eigenvalue weighted by atomic mass is 15.0. The Labute approximate surface area is 264 Å². The zero-order valence-corrected chi connectivity index (χ0v) is 24.8. The Morgan fingerprint density at radius 1 is 0.267 bits per heavy atom. The third kappa shape index (κ3) is 5.37. The Bertz CT molecular complexity index is 2170. The molecular weight excluding hydrogens is 542 g/mol. The minimum absolute atomic E-state index is 1.17. The second-order valence-corrected chi connectivity index (χ2v) is 11.5. The van der Waals surface area contributed by atoms with E-state index < -0.39 is 0 Å². The van der Waals surface area contributed by atoms with Crippen molar-refractivity contribution in [2.45, 2.75) is 0 Å². The number of aromatic nitrogens is 1. The third-order valence-corrected chi connectivity index (χ3v) is 8.58. The molecule has 1 aromatic heterocycles. The average molecular weight is 574 g/mol. The van der Waals surface area contributed by atoms with Crippen molar-refractivity contribution in [3.63, 3.8) is 0 Å². The van der Waals surface area contributed by atoms with Gasteiger partial charge in [0.2, 0.25) is 0 Å². The lowest BCUT2D eigenvalue weighted by molar-refractivity contribution is 1.13. The molecule has 0 saturated carbocycles. The summed E-state index contributed by atoms with van der Waals surface area (Å²) in [5.74, 6) is 0. The molecular formula is C44H31N. The molecule has 1 nitrogen and oxygen atoms in total. The first kappa shape index (κ1) is 26.7. The van der Waals surface area contributed by atoms with E-state index in [-0.39, 0.29) is 0 Å². The molecule has 212 valence electrons. The molecule has 0 spiro atoms. The number of fused-ring (bicyclic) bond motifs is 1. The van der Waals surface area contributed by atoms with Gasteiger partial charge in [-0.25, -0.2) is 0 Å². The fraction of sp³-hybridized carbons (Fsp3) is 0. The van der Waals surface area contributed by atoms with Crippen molar-refractivity contribution in [3.05, 3.63) is 188 Å². The summed E-state index contributed by atoms with van der Waals surface area (Å²) >= 11 is 0. The van der Waals surface area contributed by atoms with E-state index in [1.54, 1.807) is 0 Å². The van der Waals surface area contributed by atoms with E-state index in [9.17, 15) is 0 Å². The third-order valence-electron chi connectivity index (χ3n) is 8.58. The molecule has 0 aliphatic heterocycles. The van der Waals surface area contributed by atoms with Crippen LogP contribution in [0, 0.1) is 0 Å². The van der Waals surface area contributed by atoms with E-state index in [1.807, 2.05) is 0 Å². The van der Waals surface area contributed by atoms with Crippen LogP contribution in [0.1, 0.15) is 0 Å². The van der Waals surface area contributed by atoms with Crippen molar-refractivity contribution in [2.24, 2.45) is 0 Å². The molecule has 0 saturated heterocycles. The van der Waals surface area contributed by atoms with Crippen LogP contribution >= 0.6 is 0 Å². The second kappa shape index (κ2) is 11.6.